The highest BCUT2D eigenvalue weighted by Crippen LogP contribution is 2.26. The van der Waals surface area contributed by atoms with E-state index in [9.17, 15) is 4.79 Å². The molecule has 0 bridgehead atoms. The highest BCUT2D eigenvalue weighted by Gasteiger charge is 2.20. The first-order chi connectivity index (χ1) is 11.5. The van der Waals surface area contributed by atoms with E-state index < -0.39 is 0 Å². The van der Waals surface area contributed by atoms with Gasteiger partial charge in [-0.3, -0.25) is 14.7 Å². The fraction of sp³-hybridized carbons (Fsp3) is 0.222. The number of hydrogen-bond donors (Lipinski definition) is 1. The minimum absolute atomic E-state index is 0.0542. The van der Waals surface area contributed by atoms with Crippen molar-refractivity contribution in [3.63, 3.8) is 0 Å². The van der Waals surface area contributed by atoms with Crippen LogP contribution >= 0.6 is 15.9 Å². The van der Waals surface area contributed by atoms with Crippen molar-refractivity contribution in [1.82, 2.24) is 15.2 Å². The normalized spacial score (nSPS) is 12.5. The van der Waals surface area contributed by atoms with E-state index in [0.29, 0.717) is 12.1 Å². The van der Waals surface area contributed by atoms with Crippen molar-refractivity contribution in [2.24, 2.45) is 0 Å². The van der Waals surface area contributed by atoms with Gasteiger partial charge in [0, 0.05) is 28.8 Å². The molecule has 3 aromatic rings. The Bertz CT molecular complexity index is 827. The predicted octanol–water partition coefficient (Wildman–Crippen LogP) is 3.62. The van der Waals surface area contributed by atoms with Crippen molar-refractivity contribution < 1.29 is 9.21 Å². The monoisotopic (exact) mass is 387 g/mol. The van der Waals surface area contributed by atoms with E-state index in [-0.39, 0.29) is 11.9 Å². The second kappa shape index (κ2) is 7.15. The first kappa shape index (κ1) is 16.7. The fourth-order valence-electron chi connectivity index (χ4n) is 2.53. The van der Waals surface area contributed by atoms with Crippen molar-refractivity contribution in [2.45, 2.75) is 6.04 Å². The summed E-state index contributed by atoms with van der Waals surface area (Å²) in [6.07, 6.45) is 3.19. The van der Waals surface area contributed by atoms with Gasteiger partial charge < -0.3 is 9.73 Å². The zero-order valence-electron chi connectivity index (χ0n) is 13.5. The molecule has 6 heteroatoms. The number of amides is 1. The van der Waals surface area contributed by atoms with Crippen LogP contribution in [-0.4, -0.2) is 36.4 Å². The van der Waals surface area contributed by atoms with Crippen LogP contribution in [0.2, 0.25) is 0 Å². The first-order valence-corrected chi connectivity index (χ1v) is 8.37. The van der Waals surface area contributed by atoms with E-state index in [1.54, 1.807) is 18.5 Å². The highest BCUT2D eigenvalue weighted by atomic mass is 79.9. The number of likely N-dealkylation sites (N-methyl/N-ethyl adjacent to an activating group) is 1. The van der Waals surface area contributed by atoms with E-state index >= 15 is 0 Å². The van der Waals surface area contributed by atoms with Crippen LogP contribution in [0.5, 0.6) is 0 Å². The van der Waals surface area contributed by atoms with Crippen LogP contribution < -0.4 is 5.32 Å². The van der Waals surface area contributed by atoms with Gasteiger partial charge in [0.1, 0.15) is 11.3 Å². The molecule has 5 nitrogen and oxygen atoms in total. The summed E-state index contributed by atoms with van der Waals surface area (Å²) in [5.74, 6) is 0.667. The summed E-state index contributed by atoms with van der Waals surface area (Å²) in [4.78, 5) is 18.3. The van der Waals surface area contributed by atoms with Crippen molar-refractivity contribution in [3.8, 4) is 0 Å². The lowest BCUT2D eigenvalue weighted by molar-refractivity contribution is 0.0939. The van der Waals surface area contributed by atoms with Crippen molar-refractivity contribution in [3.05, 3.63) is 64.6 Å². The van der Waals surface area contributed by atoms with E-state index in [1.165, 1.54) is 0 Å². The van der Waals surface area contributed by atoms with Crippen LogP contribution in [-0.2, 0) is 0 Å². The number of carbonyl (C=O) groups excluding carboxylic acids is 1. The Balaban J connectivity index is 1.76. The molecule has 24 heavy (non-hydrogen) atoms. The number of pyridine rings is 1. The first-order valence-electron chi connectivity index (χ1n) is 7.58. The molecule has 0 aliphatic heterocycles. The zero-order chi connectivity index (χ0) is 17.1. The summed E-state index contributed by atoms with van der Waals surface area (Å²) in [5, 5.41) is 4.01. The average Bonchev–Trinajstić information content (AvgIpc) is 2.98. The van der Waals surface area contributed by atoms with Gasteiger partial charge in [0.25, 0.3) is 5.91 Å². The Kier molecular flexibility index (Phi) is 4.97. The van der Waals surface area contributed by atoms with Crippen LogP contribution in [0, 0.1) is 0 Å². The number of nitrogens with zero attached hydrogens (tertiary/aromatic N) is 2. The number of hydrogen-bond acceptors (Lipinski definition) is 4. The maximum absolute atomic E-state index is 12.3. The lowest BCUT2D eigenvalue weighted by Gasteiger charge is -2.22. The Labute approximate surface area is 148 Å². The van der Waals surface area contributed by atoms with Crippen molar-refractivity contribution >= 4 is 32.8 Å². The number of fused-ring (bicyclic) bond motifs is 1. The third-order valence-electron chi connectivity index (χ3n) is 3.82. The smallest absolute Gasteiger partial charge is 0.252 e. The number of para-hydroxylation sites is 1. The number of aromatic nitrogens is 1. The van der Waals surface area contributed by atoms with E-state index in [0.717, 1.165) is 21.2 Å². The number of halogens is 1. The van der Waals surface area contributed by atoms with Crippen LogP contribution in [0.4, 0.5) is 0 Å². The van der Waals surface area contributed by atoms with Gasteiger partial charge in [-0.15, -0.1) is 0 Å². The largest absolute Gasteiger partial charge is 0.459 e. The van der Waals surface area contributed by atoms with Gasteiger partial charge >= 0.3 is 0 Å². The minimum atomic E-state index is -0.160. The molecule has 0 saturated heterocycles. The third kappa shape index (κ3) is 3.66. The van der Waals surface area contributed by atoms with Crippen LogP contribution in [0.25, 0.3) is 11.0 Å². The Hall–Kier alpha value is -2.18. The molecular weight excluding hydrogens is 370 g/mol. The summed E-state index contributed by atoms with van der Waals surface area (Å²) in [7, 11) is 3.93. The second-order valence-corrected chi connectivity index (χ2v) is 6.68. The number of furan rings is 1. The van der Waals surface area contributed by atoms with Gasteiger partial charge in [-0.2, -0.15) is 0 Å². The van der Waals surface area contributed by atoms with Gasteiger partial charge in [0.2, 0.25) is 0 Å². The molecule has 0 aliphatic carbocycles. The molecule has 0 unspecified atom stereocenters. The predicted molar refractivity (Wildman–Crippen MR) is 96.9 cm³/mol. The number of rotatable bonds is 5. The van der Waals surface area contributed by atoms with Crippen molar-refractivity contribution in [2.75, 3.05) is 20.6 Å². The average molecular weight is 388 g/mol. The quantitative estimate of drug-likeness (QED) is 0.726. The Morgan fingerprint density at radius 2 is 2.08 bits per heavy atom. The number of benzene rings is 1. The highest BCUT2D eigenvalue weighted by molar-refractivity contribution is 9.10. The molecule has 2 aromatic heterocycles. The Morgan fingerprint density at radius 1 is 1.29 bits per heavy atom. The topological polar surface area (TPSA) is 58.4 Å². The molecule has 124 valence electrons. The van der Waals surface area contributed by atoms with Gasteiger partial charge in [0.15, 0.2) is 0 Å². The molecule has 1 amide bonds. The summed E-state index contributed by atoms with van der Waals surface area (Å²) < 4.78 is 6.71. The van der Waals surface area contributed by atoms with Gasteiger partial charge in [-0.1, -0.05) is 18.2 Å². The molecule has 3 rings (SSSR count). The van der Waals surface area contributed by atoms with Crippen molar-refractivity contribution in [1.29, 1.82) is 0 Å². The van der Waals surface area contributed by atoms with Crippen LogP contribution in [0.15, 0.2) is 57.7 Å². The molecule has 0 saturated carbocycles. The van der Waals surface area contributed by atoms with Gasteiger partial charge in [-0.25, -0.2) is 0 Å². The summed E-state index contributed by atoms with van der Waals surface area (Å²) in [6, 6.07) is 11.6. The summed E-state index contributed by atoms with van der Waals surface area (Å²) >= 11 is 3.32. The van der Waals surface area contributed by atoms with Crippen LogP contribution in [0.3, 0.4) is 0 Å². The summed E-state index contributed by atoms with van der Waals surface area (Å²) in [5.41, 5.74) is 1.37. The fourth-order valence-corrected chi connectivity index (χ4v) is 2.90. The lowest BCUT2D eigenvalue weighted by Crippen LogP contribution is -2.34. The summed E-state index contributed by atoms with van der Waals surface area (Å²) in [6.45, 7) is 0.443. The lowest BCUT2D eigenvalue weighted by atomic mass is 10.1. The molecule has 0 spiro atoms. The number of carbonyl (C=O) groups is 1. The van der Waals surface area contributed by atoms with Crippen LogP contribution in [0.1, 0.15) is 22.2 Å². The molecular formula is C18H18BrN3O2. The second-order valence-electron chi connectivity index (χ2n) is 5.77. The standard InChI is InChI=1S/C18H18BrN3O2/c1-22(2)15(17-8-12-5-3-4-6-16(12)24-17)11-21-18(23)13-7-14(19)10-20-9-13/h3-10,15H,11H2,1-2H3,(H,21,23)/t15-/m1/s1. The molecule has 0 radical (unpaired) electrons. The van der Waals surface area contributed by atoms with E-state index in [2.05, 4.69) is 26.2 Å². The van der Waals surface area contributed by atoms with Gasteiger partial charge in [-0.05, 0) is 48.2 Å². The molecule has 1 aromatic carbocycles. The zero-order valence-corrected chi connectivity index (χ0v) is 15.1. The molecule has 0 aliphatic rings. The third-order valence-corrected chi connectivity index (χ3v) is 4.25. The Morgan fingerprint density at radius 3 is 2.79 bits per heavy atom. The minimum Gasteiger partial charge on any atom is -0.459 e. The molecule has 1 atom stereocenters. The van der Waals surface area contributed by atoms with E-state index in [1.807, 2.05) is 49.3 Å². The molecule has 2 heterocycles. The SMILES string of the molecule is CN(C)[C@H](CNC(=O)c1cncc(Br)c1)c1cc2ccccc2o1. The maximum Gasteiger partial charge on any atom is 0.252 e. The molecule has 1 N–H and O–H groups in total. The molecule has 0 fully saturated rings. The van der Waals surface area contributed by atoms with Gasteiger partial charge in [0.05, 0.1) is 11.6 Å². The maximum atomic E-state index is 12.3. The van der Waals surface area contributed by atoms with E-state index in [4.69, 9.17) is 4.42 Å². The number of nitrogens with one attached hydrogen (secondary N) is 1.